The highest BCUT2D eigenvalue weighted by molar-refractivity contribution is 5.03. The van der Waals surface area contributed by atoms with Crippen LogP contribution in [0.5, 0.6) is 0 Å². The van der Waals surface area contributed by atoms with E-state index in [2.05, 4.69) is 16.5 Å². The third kappa shape index (κ3) is 1.55. The maximum absolute atomic E-state index is 5.67. The van der Waals surface area contributed by atoms with E-state index in [1.54, 1.807) is 0 Å². The molecule has 0 spiro atoms. The smallest absolute Gasteiger partial charge is 0.0953 e. The van der Waals surface area contributed by atoms with Gasteiger partial charge in [0, 0.05) is 31.5 Å². The van der Waals surface area contributed by atoms with E-state index in [1.165, 1.54) is 0 Å². The molecule has 0 aliphatic carbocycles. The number of ether oxygens (including phenoxy) is 1. The molecule has 0 radical (unpaired) electrons. The largest absolute Gasteiger partial charge is 0.381 e. The lowest BCUT2D eigenvalue weighted by Gasteiger charge is -2.36. The normalized spacial score (nSPS) is 21.0. The van der Waals surface area contributed by atoms with Crippen molar-refractivity contribution in [2.75, 3.05) is 13.2 Å². The van der Waals surface area contributed by atoms with E-state index in [0.717, 1.165) is 31.7 Å². The van der Waals surface area contributed by atoms with Gasteiger partial charge >= 0.3 is 0 Å². The van der Waals surface area contributed by atoms with Crippen LogP contribution in [0.4, 0.5) is 0 Å². The van der Waals surface area contributed by atoms with Crippen LogP contribution in [0.1, 0.15) is 25.5 Å². The number of rotatable bonds is 2. The third-order valence-corrected chi connectivity index (χ3v) is 3.08. The maximum atomic E-state index is 5.67. The van der Waals surface area contributed by atoms with Crippen molar-refractivity contribution in [3.63, 3.8) is 0 Å². The first-order valence-electron chi connectivity index (χ1n) is 5.06. The first-order chi connectivity index (χ1) is 6.76. The van der Waals surface area contributed by atoms with Crippen molar-refractivity contribution in [2.24, 2.45) is 5.73 Å². The number of imidazole rings is 1. The monoisotopic (exact) mass is 195 g/mol. The van der Waals surface area contributed by atoms with Gasteiger partial charge in [0.1, 0.15) is 0 Å². The second kappa shape index (κ2) is 3.71. The lowest BCUT2D eigenvalue weighted by atomic mass is 9.92. The highest BCUT2D eigenvalue weighted by Gasteiger charge is 2.30. The molecule has 1 saturated heterocycles. The lowest BCUT2D eigenvalue weighted by molar-refractivity contribution is 0.0284. The average molecular weight is 195 g/mol. The molecule has 2 heterocycles. The molecule has 78 valence electrons. The summed E-state index contributed by atoms with van der Waals surface area (Å²) in [5.41, 5.74) is 6.92. The van der Waals surface area contributed by atoms with Crippen LogP contribution in [-0.2, 0) is 16.8 Å². The van der Waals surface area contributed by atoms with Crippen LogP contribution in [0.15, 0.2) is 12.5 Å². The Morgan fingerprint density at radius 2 is 2.29 bits per heavy atom. The Morgan fingerprint density at radius 3 is 2.93 bits per heavy atom. The highest BCUT2D eigenvalue weighted by atomic mass is 16.5. The molecule has 0 atom stereocenters. The summed E-state index contributed by atoms with van der Waals surface area (Å²) in [6.45, 7) is 4.46. The third-order valence-electron chi connectivity index (χ3n) is 3.08. The molecule has 4 heteroatoms. The van der Waals surface area contributed by atoms with Crippen molar-refractivity contribution in [3.8, 4) is 0 Å². The van der Waals surface area contributed by atoms with Crippen LogP contribution < -0.4 is 5.73 Å². The standard InChI is InChI=1S/C10H17N3O/c1-10(2-4-14-5-3-10)13-8-12-7-9(13)6-11/h7-8H,2-6,11H2,1H3. The van der Waals surface area contributed by atoms with Gasteiger partial charge in [0.25, 0.3) is 0 Å². The summed E-state index contributed by atoms with van der Waals surface area (Å²) in [7, 11) is 0. The zero-order valence-electron chi connectivity index (χ0n) is 8.57. The van der Waals surface area contributed by atoms with Gasteiger partial charge in [-0.25, -0.2) is 4.98 Å². The quantitative estimate of drug-likeness (QED) is 0.761. The van der Waals surface area contributed by atoms with Gasteiger partial charge in [-0.1, -0.05) is 0 Å². The van der Waals surface area contributed by atoms with Gasteiger partial charge in [-0.3, -0.25) is 0 Å². The summed E-state index contributed by atoms with van der Waals surface area (Å²) in [6.07, 6.45) is 5.81. The Bertz CT molecular complexity index is 302. The summed E-state index contributed by atoms with van der Waals surface area (Å²) < 4.78 is 7.58. The number of aromatic nitrogens is 2. The molecular weight excluding hydrogens is 178 g/mol. The van der Waals surface area contributed by atoms with E-state index < -0.39 is 0 Å². The van der Waals surface area contributed by atoms with E-state index in [-0.39, 0.29) is 5.54 Å². The van der Waals surface area contributed by atoms with Crippen LogP contribution >= 0.6 is 0 Å². The molecule has 2 rings (SSSR count). The van der Waals surface area contributed by atoms with Crippen LogP contribution in [0.3, 0.4) is 0 Å². The van der Waals surface area contributed by atoms with Crippen molar-refractivity contribution < 1.29 is 4.74 Å². The fourth-order valence-corrected chi connectivity index (χ4v) is 2.01. The number of nitrogens with zero attached hydrogens (tertiary/aromatic N) is 2. The van der Waals surface area contributed by atoms with E-state index >= 15 is 0 Å². The minimum absolute atomic E-state index is 0.142. The van der Waals surface area contributed by atoms with Crippen LogP contribution in [0.2, 0.25) is 0 Å². The van der Waals surface area contributed by atoms with Gasteiger partial charge in [-0.05, 0) is 19.8 Å². The molecule has 1 aromatic rings. The molecule has 0 aromatic carbocycles. The molecule has 1 aliphatic rings. The molecule has 0 bridgehead atoms. The number of hydrogen-bond acceptors (Lipinski definition) is 3. The first-order valence-corrected chi connectivity index (χ1v) is 5.06. The van der Waals surface area contributed by atoms with Gasteiger partial charge < -0.3 is 15.0 Å². The van der Waals surface area contributed by atoms with Crippen LogP contribution in [-0.4, -0.2) is 22.8 Å². The van der Waals surface area contributed by atoms with Gasteiger partial charge in [0.15, 0.2) is 0 Å². The molecule has 0 unspecified atom stereocenters. The van der Waals surface area contributed by atoms with E-state index in [9.17, 15) is 0 Å². The van der Waals surface area contributed by atoms with Crippen molar-refractivity contribution in [3.05, 3.63) is 18.2 Å². The molecule has 0 amide bonds. The zero-order valence-corrected chi connectivity index (χ0v) is 8.57. The minimum atomic E-state index is 0.142. The van der Waals surface area contributed by atoms with Crippen LogP contribution in [0, 0.1) is 0 Å². The first kappa shape index (κ1) is 9.68. The Kier molecular flexibility index (Phi) is 2.56. The number of hydrogen-bond donors (Lipinski definition) is 1. The topological polar surface area (TPSA) is 53.1 Å². The van der Waals surface area contributed by atoms with E-state index in [1.807, 2.05) is 12.5 Å². The average Bonchev–Trinajstić information content (AvgIpc) is 2.67. The second-order valence-electron chi connectivity index (χ2n) is 4.07. The SMILES string of the molecule is CC1(n2cncc2CN)CCOCC1. The van der Waals surface area contributed by atoms with E-state index in [4.69, 9.17) is 10.5 Å². The molecule has 1 fully saturated rings. The minimum Gasteiger partial charge on any atom is -0.381 e. The highest BCUT2D eigenvalue weighted by Crippen LogP contribution is 2.29. The zero-order chi connectivity index (χ0) is 10.0. The molecule has 0 saturated carbocycles. The molecule has 1 aromatic heterocycles. The van der Waals surface area contributed by atoms with E-state index in [0.29, 0.717) is 6.54 Å². The van der Waals surface area contributed by atoms with Crippen LogP contribution in [0.25, 0.3) is 0 Å². The summed E-state index contributed by atoms with van der Waals surface area (Å²) >= 11 is 0. The van der Waals surface area contributed by atoms with Crippen molar-refractivity contribution in [1.82, 2.24) is 9.55 Å². The number of nitrogens with two attached hydrogens (primary N) is 1. The molecule has 2 N–H and O–H groups in total. The summed E-state index contributed by atoms with van der Waals surface area (Å²) in [5, 5.41) is 0. The predicted molar refractivity (Wildman–Crippen MR) is 53.8 cm³/mol. The molecule has 4 nitrogen and oxygen atoms in total. The second-order valence-corrected chi connectivity index (χ2v) is 4.07. The van der Waals surface area contributed by atoms with Gasteiger partial charge in [0.05, 0.1) is 12.0 Å². The lowest BCUT2D eigenvalue weighted by Crippen LogP contribution is -2.37. The van der Waals surface area contributed by atoms with Gasteiger partial charge in [0.2, 0.25) is 0 Å². The Morgan fingerprint density at radius 1 is 1.57 bits per heavy atom. The van der Waals surface area contributed by atoms with Gasteiger partial charge in [-0.15, -0.1) is 0 Å². The molecule has 14 heavy (non-hydrogen) atoms. The van der Waals surface area contributed by atoms with Crippen molar-refractivity contribution in [1.29, 1.82) is 0 Å². The summed E-state index contributed by atoms with van der Waals surface area (Å²) in [5.74, 6) is 0. The maximum Gasteiger partial charge on any atom is 0.0953 e. The van der Waals surface area contributed by atoms with Crippen molar-refractivity contribution in [2.45, 2.75) is 31.8 Å². The Balaban J connectivity index is 2.27. The fourth-order valence-electron chi connectivity index (χ4n) is 2.01. The Hall–Kier alpha value is -0.870. The van der Waals surface area contributed by atoms with Gasteiger partial charge in [-0.2, -0.15) is 0 Å². The molecular formula is C10H17N3O. The summed E-state index contributed by atoms with van der Waals surface area (Å²) in [6, 6.07) is 0. The molecule has 1 aliphatic heterocycles. The predicted octanol–water partition coefficient (Wildman–Crippen LogP) is 0.867. The fraction of sp³-hybridized carbons (Fsp3) is 0.700. The summed E-state index contributed by atoms with van der Waals surface area (Å²) in [4.78, 5) is 4.16. The van der Waals surface area contributed by atoms with Crippen molar-refractivity contribution >= 4 is 0 Å². The Labute approximate surface area is 84.1 Å².